The largest absolute Gasteiger partial charge is 0.347 e. The fourth-order valence-corrected chi connectivity index (χ4v) is 2.58. The Labute approximate surface area is 112 Å². The molecule has 0 N–H and O–H groups in total. The molecule has 3 heterocycles. The number of aryl methyl sites for hydroxylation is 1. The van der Waals surface area contributed by atoms with Crippen LogP contribution in [0, 0.1) is 18.3 Å². The lowest BCUT2D eigenvalue weighted by atomic mass is 10.0. The van der Waals surface area contributed by atoms with Crippen molar-refractivity contribution in [3.63, 3.8) is 0 Å². The highest BCUT2D eigenvalue weighted by Gasteiger charge is 2.40. The standard InChI is InChI=1S/C13H16N4O2/c1-10-8-11(9-14)16-12(15-10)17-4-2-13(3-5-17)18-6-7-19-13/h8H,2-7H2,1H3. The summed E-state index contributed by atoms with van der Waals surface area (Å²) in [5.41, 5.74) is 1.23. The van der Waals surface area contributed by atoms with E-state index in [-0.39, 0.29) is 0 Å². The van der Waals surface area contributed by atoms with Gasteiger partial charge in [0.1, 0.15) is 11.8 Å². The van der Waals surface area contributed by atoms with Crippen LogP contribution in [-0.2, 0) is 9.47 Å². The Balaban J connectivity index is 1.74. The molecule has 19 heavy (non-hydrogen) atoms. The Morgan fingerprint density at radius 3 is 2.58 bits per heavy atom. The molecule has 0 saturated carbocycles. The lowest BCUT2D eigenvalue weighted by Crippen LogP contribution is -2.45. The van der Waals surface area contributed by atoms with Crippen LogP contribution >= 0.6 is 0 Å². The topological polar surface area (TPSA) is 71.3 Å². The second-order valence-electron chi connectivity index (χ2n) is 4.90. The van der Waals surface area contributed by atoms with Crippen LogP contribution in [0.5, 0.6) is 0 Å². The van der Waals surface area contributed by atoms with Crippen molar-refractivity contribution in [1.29, 1.82) is 5.26 Å². The van der Waals surface area contributed by atoms with E-state index in [4.69, 9.17) is 14.7 Å². The van der Waals surface area contributed by atoms with Crippen LogP contribution in [-0.4, -0.2) is 42.1 Å². The Morgan fingerprint density at radius 1 is 1.26 bits per heavy atom. The van der Waals surface area contributed by atoms with E-state index < -0.39 is 5.79 Å². The van der Waals surface area contributed by atoms with E-state index in [0.29, 0.717) is 24.9 Å². The van der Waals surface area contributed by atoms with Gasteiger partial charge in [0.15, 0.2) is 5.79 Å². The number of piperidine rings is 1. The van der Waals surface area contributed by atoms with Gasteiger partial charge < -0.3 is 14.4 Å². The van der Waals surface area contributed by atoms with Crippen molar-refractivity contribution in [1.82, 2.24) is 9.97 Å². The second-order valence-corrected chi connectivity index (χ2v) is 4.90. The number of nitriles is 1. The van der Waals surface area contributed by atoms with Crippen molar-refractivity contribution >= 4 is 5.95 Å². The molecule has 0 unspecified atom stereocenters. The summed E-state index contributed by atoms with van der Waals surface area (Å²) in [6.07, 6.45) is 1.62. The average molecular weight is 260 g/mol. The number of anilines is 1. The first-order chi connectivity index (χ1) is 9.21. The third kappa shape index (κ3) is 2.39. The molecule has 6 heteroatoms. The summed E-state index contributed by atoms with van der Waals surface area (Å²) in [5, 5.41) is 8.95. The first kappa shape index (κ1) is 12.3. The van der Waals surface area contributed by atoms with Gasteiger partial charge in [0.25, 0.3) is 0 Å². The van der Waals surface area contributed by atoms with Crippen LogP contribution in [0.1, 0.15) is 24.2 Å². The second kappa shape index (κ2) is 4.76. The monoisotopic (exact) mass is 260 g/mol. The molecule has 6 nitrogen and oxygen atoms in total. The third-order valence-electron chi connectivity index (χ3n) is 3.58. The van der Waals surface area contributed by atoms with E-state index in [0.717, 1.165) is 31.6 Å². The molecule has 1 aromatic heterocycles. The molecular formula is C13H16N4O2. The zero-order valence-electron chi connectivity index (χ0n) is 10.9. The SMILES string of the molecule is Cc1cc(C#N)nc(N2CCC3(CC2)OCCO3)n1. The van der Waals surface area contributed by atoms with Crippen molar-refractivity contribution < 1.29 is 9.47 Å². The number of hydrogen-bond donors (Lipinski definition) is 0. The molecule has 0 aliphatic carbocycles. The van der Waals surface area contributed by atoms with Crippen molar-refractivity contribution in [2.45, 2.75) is 25.6 Å². The maximum atomic E-state index is 8.95. The minimum absolute atomic E-state index is 0.390. The quantitative estimate of drug-likeness (QED) is 0.750. The molecule has 0 amide bonds. The summed E-state index contributed by atoms with van der Waals surface area (Å²) in [6.45, 7) is 4.81. The molecule has 1 aromatic rings. The van der Waals surface area contributed by atoms with Gasteiger partial charge in [0.2, 0.25) is 5.95 Å². The van der Waals surface area contributed by atoms with E-state index in [2.05, 4.69) is 20.9 Å². The molecule has 2 aliphatic heterocycles. The van der Waals surface area contributed by atoms with Gasteiger partial charge in [-0.15, -0.1) is 0 Å². The van der Waals surface area contributed by atoms with E-state index in [9.17, 15) is 0 Å². The van der Waals surface area contributed by atoms with Crippen LogP contribution in [0.3, 0.4) is 0 Å². The highest BCUT2D eigenvalue weighted by Crippen LogP contribution is 2.32. The predicted molar refractivity (Wildman–Crippen MR) is 67.6 cm³/mol. The molecule has 3 rings (SSSR count). The Bertz CT molecular complexity index is 510. The molecule has 2 aliphatic rings. The molecule has 0 atom stereocenters. The summed E-state index contributed by atoms with van der Waals surface area (Å²) < 4.78 is 11.4. The third-order valence-corrected chi connectivity index (χ3v) is 3.58. The molecule has 0 bridgehead atoms. The van der Waals surface area contributed by atoms with Gasteiger partial charge in [0.05, 0.1) is 13.2 Å². The molecular weight excluding hydrogens is 244 g/mol. The number of hydrogen-bond acceptors (Lipinski definition) is 6. The minimum atomic E-state index is -0.390. The maximum Gasteiger partial charge on any atom is 0.226 e. The van der Waals surface area contributed by atoms with Crippen LogP contribution in [0.15, 0.2) is 6.07 Å². The maximum absolute atomic E-state index is 8.95. The van der Waals surface area contributed by atoms with Gasteiger partial charge in [0, 0.05) is 31.6 Å². The Kier molecular flexibility index (Phi) is 3.09. The van der Waals surface area contributed by atoms with Crippen molar-refractivity contribution in [3.8, 4) is 6.07 Å². The zero-order valence-corrected chi connectivity index (χ0v) is 10.9. The summed E-state index contributed by atoms with van der Waals surface area (Å²) >= 11 is 0. The Morgan fingerprint density at radius 2 is 1.95 bits per heavy atom. The van der Waals surface area contributed by atoms with Crippen LogP contribution in [0.2, 0.25) is 0 Å². The molecule has 0 aromatic carbocycles. The molecule has 2 fully saturated rings. The van der Waals surface area contributed by atoms with Gasteiger partial charge in [-0.1, -0.05) is 0 Å². The van der Waals surface area contributed by atoms with Crippen LogP contribution in [0.25, 0.3) is 0 Å². The highest BCUT2D eigenvalue weighted by molar-refractivity contribution is 5.36. The van der Waals surface area contributed by atoms with Crippen molar-refractivity contribution in [3.05, 3.63) is 17.5 Å². The first-order valence-corrected chi connectivity index (χ1v) is 6.49. The number of ether oxygens (including phenoxy) is 2. The normalized spacial score (nSPS) is 21.6. The fraction of sp³-hybridized carbons (Fsp3) is 0.615. The summed E-state index contributed by atoms with van der Waals surface area (Å²) in [7, 11) is 0. The predicted octanol–water partition coefficient (Wildman–Crippen LogP) is 1.00. The summed E-state index contributed by atoms with van der Waals surface area (Å²) in [5.74, 6) is 0.239. The Hall–Kier alpha value is -1.71. The van der Waals surface area contributed by atoms with Crippen LogP contribution < -0.4 is 4.90 Å². The number of aromatic nitrogens is 2. The van der Waals surface area contributed by atoms with Gasteiger partial charge in [-0.25, -0.2) is 9.97 Å². The van der Waals surface area contributed by atoms with Crippen molar-refractivity contribution in [2.75, 3.05) is 31.2 Å². The molecule has 2 saturated heterocycles. The van der Waals surface area contributed by atoms with E-state index in [1.165, 1.54) is 0 Å². The lowest BCUT2D eigenvalue weighted by Gasteiger charge is -2.37. The van der Waals surface area contributed by atoms with E-state index >= 15 is 0 Å². The molecule has 100 valence electrons. The van der Waals surface area contributed by atoms with Gasteiger partial charge in [-0.2, -0.15) is 5.26 Å². The molecule has 0 radical (unpaired) electrons. The van der Waals surface area contributed by atoms with E-state index in [1.807, 2.05) is 6.92 Å². The van der Waals surface area contributed by atoms with Crippen molar-refractivity contribution in [2.24, 2.45) is 0 Å². The lowest BCUT2D eigenvalue weighted by molar-refractivity contribution is -0.169. The smallest absolute Gasteiger partial charge is 0.226 e. The fourth-order valence-electron chi connectivity index (χ4n) is 2.58. The first-order valence-electron chi connectivity index (χ1n) is 6.49. The average Bonchev–Trinajstić information content (AvgIpc) is 2.87. The van der Waals surface area contributed by atoms with E-state index in [1.54, 1.807) is 6.07 Å². The summed E-state index contributed by atoms with van der Waals surface area (Å²) in [6, 6.07) is 3.76. The van der Waals surface area contributed by atoms with Gasteiger partial charge >= 0.3 is 0 Å². The number of rotatable bonds is 1. The van der Waals surface area contributed by atoms with Crippen LogP contribution in [0.4, 0.5) is 5.95 Å². The highest BCUT2D eigenvalue weighted by atomic mass is 16.7. The minimum Gasteiger partial charge on any atom is -0.347 e. The zero-order chi connectivity index (χ0) is 13.3. The van der Waals surface area contributed by atoms with Gasteiger partial charge in [-0.3, -0.25) is 0 Å². The molecule has 1 spiro atoms. The summed E-state index contributed by atoms with van der Waals surface area (Å²) in [4.78, 5) is 10.8. The van der Waals surface area contributed by atoms with Gasteiger partial charge in [-0.05, 0) is 13.0 Å². The number of nitrogens with zero attached hydrogens (tertiary/aromatic N) is 4.